The molecule has 4 aromatic heterocycles. The molecule has 0 radical (unpaired) electrons. The van der Waals surface area contributed by atoms with Crippen LogP contribution in [0.3, 0.4) is 0 Å². The molecule has 0 aliphatic carbocycles. The highest BCUT2D eigenvalue weighted by atomic mass is 32.7. The van der Waals surface area contributed by atoms with Crippen LogP contribution in [0.4, 0.5) is 16.2 Å². The Morgan fingerprint density at radius 1 is 1.11 bits per heavy atom. The van der Waals surface area contributed by atoms with E-state index >= 15 is 4.39 Å². The summed E-state index contributed by atoms with van der Waals surface area (Å²) in [6, 6.07) is 0. The van der Waals surface area contributed by atoms with Gasteiger partial charge in [0, 0.05) is 5.92 Å². The summed E-state index contributed by atoms with van der Waals surface area (Å²) in [6.07, 6.45) is -5.01. The van der Waals surface area contributed by atoms with Gasteiger partial charge in [-0.25, -0.2) is 28.9 Å². The van der Waals surface area contributed by atoms with Gasteiger partial charge in [0.15, 0.2) is 41.3 Å². The van der Waals surface area contributed by atoms with Crippen LogP contribution in [0.5, 0.6) is 0 Å². The van der Waals surface area contributed by atoms with Crippen molar-refractivity contribution in [1.82, 2.24) is 39.0 Å². The third kappa shape index (κ3) is 5.69. The number of hydrogen-bond acceptors (Lipinski definition) is 17. The van der Waals surface area contributed by atoms with Crippen LogP contribution in [0.15, 0.2) is 23.8 Å². The van der Waals surface area contributed by atoms with Crippen molar-refractivity contribution in [2.75, 3.05) is 31.3 Å². The minimum Gasteiger partial charge on any atom is -0.396 e. The highest BCUT2D eigenvalue weighted by Crippen LogP contribution is 2.60. The number of aromatic amines is 1. The summed E-state index contributed by atoms with van der Waals surface area (Å²) in [4.78, 5) is 35.1. The van der Waals surface area contributed by atoms with Crippen LogP contribution in [0, 0.1) is 5.92 Å². The molecule has 2 bridgehead atoms. The molecule has 7 rings (SSSR count). The van der Waals surface area contributed by atoms with Crippen molar-refractivity contribution in [1.29, 1.82) is 0 Å². The van der Waals surface area contributed by atoms with Crippen LogP contribution in [0.25, 0.3) is 22.3 Å². The zero-order valence-electron chi connectivity index (χ0n) is 24.5. The molecule has 0 saturated carbocycles. The van der Waals surface area contributed by atoms with Crippen molar-refractivity contribution in [3.8, 4) is 0 Å². The number of alkyl halides is 1. The topological polar surface area (TPSA) is 269 Å². The van der Waals surface area contributed by atoms with Crippen LogP contribution in [-0.2, 0) is 36.7 Å². The maximum Gasteiger partial charge on any atom is 0.386 e. The second-order valence-corrected chi connectivity index (χ2v) is 16.3. The third-order valence-electron chi connectivity index (χ3n) is 8.19. The number of rotatable bonds is 3. The van der Waals surface area contributed by atoms with E-state index in [4.69, 9.17) is 39.0 Å². The first-order chi connectivity index (χ1) is 22.2. The molecule has 0 amide bonds. The molecule has 7 heterocycles. The molecule has 250 valence electrons. The van der Waals surface area contributed by atoms with Gasteiger partial charge < -0.3 is 35.1 Å². The van der Waals surface area contributed by atoms with Gasteiger partial charge in [-0.2, -0.15) is 4.98 Å². The smallest absolute Gasteiger partial charge is 0.386 e. The number of halogens is 1. The van der Waals surface area contributed by atoms with Crippen LogP contribution < -0.4 is 17.0 Å². The maximum atomic E-state index is 16.3. The number of nitrogens with one attached hydrogen (secondary N) is 1. The largest absolute Gasteiger partial charge is 0.396 e. The molecule has 3 aliphatic heterocycles. The zero-order valence-corrected chi connectivity index (χ0v) is 27.2. The first-order valence-electron chi connectivity index (χ1n) is 14.0. The molecular weight excluding hydrogens is 687 g/mol. The lowest BCUT2D eigenvalue weighted by Crippen LogP contribution is -2.47. The second-order valence-electron chi connectivity index (χ2n) is 11.4. The third-order valence-corrected chi connectivity index (χ3v) is 11.0. The number of thiol groups is 1. The van der Waals surface area contributed by atoms with Crippen molar-refractivity contribution in [3.05, 3.63) is 29.3 Å². The lowest BCUT2D eigenvalue weighted by atomic mass is 9.77. The van der Waals surface area contributed by atoms with Gasteiger partial charge >= 0.3 is 6.80 Å². The van der Waals surface area contributed by atoms with Crippen molar-refractivity contribution < 1.29 is 46.2 Å². The molecule has 0 spiro atoms. The number of nitrogens with two attached hydrogens (primary N) is 2. The van der Waals surface area contributed by atoms with E-state index in [9.17, 15) is 19.0 Å². The van der Waals surface area contributed by atoms with E-state index in [1.165, 1.54) is 36.0 Å². The Labute approximate surface area is 270 Å². The number of imidazole rings is 2. The van der Waals surface area contributed by atoms with Crippen LogP contribution in [0.2, 0.25) is 0 Å². The molecule has 3 aliphatic rings. The Kier molecular flexibility index (Phi) is 8.06. The van der Waals surface area contributed by atoms with Crippen molar-refractivity contribution >= 4 is 76.0 Å². The summed E-state index contributed by atoms with van der Waals surface area (Å²) in [5, 5.41) is 10.4. The number of aliphatic hydroxyl groups is 1. The fourth-order valence-corrected chi connectivity index (χ4v) is 8.71. The number of hydrogen-bond donors (Lipinski definition) is 5. The molecule has 10 atom stereocenters. The van der Waals surface area contributed by atoms with Gasteiger partial charge in [-0.1, -0.05) is 12.2 Å². The standard InChI is InChI=1S/C21H27B2FN10O10P2S/c22-21-3-40-46(38,47)43-12-7(1-35)8(41-19(12)34-6-30-11-16(34)31-20(26)32-17(11)36)2-39-45(23,37)44-13(21)9(24)18(42-21)33-5-29-10-14(25)27-4-28-15(10)33/h4-9,12-13,18-19,35H,1-3,22-23H2,(H,38,47)(H2,25,27,28)(H3,26,31,32,36)/t7?,8?,9?,12?,13?,18?,19?,21?,45-,46+/m0/s1. The van der Waals surface area contributed by atoms with Gasteiger partial charge in [0.05, 0.1) is 44.1 Å². The number of H-pyrrole nitrogens is 1. The molecule has 47 heavy (non-hydrogen) atoms. The zero-order chi connectivity index (χ0) is 33.5. The van der Waals surface area contributed by atoms with Crippen LogP contribution in [-0.4, -0.2) is 109 Å². The summed E-state index contributed by atoms with van der Waals surface area (Å²) in [7, 11) is -1.59. The molecule has 6 N–H and O–H groups in total. The van der Waals surface area contributed by atoms with Crippen molar-refractivity contribution in [3.63, 3.8) is 0 Å². The van der Waals surface area contributed by atoms with Gasteiger partial charge in [-0.3, -0.25) is 32.5 Å². The Hall–Kier alpha value is -2.91. The van der Waals surface area contributed by atoms with E-state index in [1.54, 1.807) is 0 Å². The van der Waals surface area contributed by atoms with Gasteiger partial charge in [0.1, 0.15) is 31.9 Å². The van der Waals surface area contributed by atoms with Gasteiger partial charge in [-0.15, -0.1) is 0 Å². The number of aromatic nitrogens is 8. The molecule has 8 unspecified atom stereocenters. The minimum atomic E-state index is -4.40. The molecule has 4 aromatic rings. The Morgan fingerprint density at radius 2 is 1.83 bits per heavy atom. The van der Waals surface area contributed by atoms with Gasteiger partial charge in [-0.05, 0) is 0 Å². The average Bonchev–Trinajstić information content (AvgIpc) is 3.75. The number of nitrogen functional groups attached to an aromatic ring is 2. The van der Waals surface area contributed by atoms with E-state index in [0.717, 1.165) is 7.57 Å². The number of aliphatic hydroxyl groups excluding tert-OH is 1. The molecule has 0 aromatic carbocycles. The SMILES string of the molecule is BC12CO[P@@](=O)(S)OC3C(CO)C(CO[P@](B)(=O)OC1C(F)C(n1cnc4c(N)ncnc41)O2)OC3n1cnc2c(=O)[nH]c(N)nc21. The Morgan fingerprint density at radius 3 is 2.57 bits per heavy atom. The predicted octanol–water partition coefficient (Wildman–Crippen LogP) is -1.58. The molecule has 26 heteroatoms. The summed E-state index contributed by atoms with van der Waals surface area (Å²) in [5.74, 6) is -1.13. The molecule has 20 nitrogen and oxygen atoms in total. The van der Waals surface area contributed by atoms with Crippen LogP contribution in [0.1, 0.15) is 12.5 Å². The normalized spacial score (nSPS) is 38.1. The number of nitrogens with zero attached hydrogens (tertiary/aromatic N) is 7. The lowest BCUT2D eigenvalue weighted by molar-refractivity contribution is -0.0744. The first-order valence-corrected chi connectivity index (χ1v) is 18.7. The summed E-state index contributed by atoms with van der Waals surface area (Å²) >= 11 is 4.16. The quantitative estimate of drug-likeness (QED) is 0.0911. The van der Waals surface area contributed by atoms with E-state index < -0.39 is 88.0 Å². The number of anilines is 2. The van der Waals surface area contributed by atoms with E-state index in [1.807, 2.05) is 0 Å². The molecular formula is C21H27B2FN10O10P2S. The Balaban J connectivity index is 1.24. The summed E-state index contributed by atoms with van der Waals surface area (Å²) in [5.41, 5.74) is 9.51. The Bertz CT molecular complexity index is 2030. The van der Waals surface area contributed by atoms with Gasteiger partial charge in [0.2, 0.25) is 5.95 Å². The number of ether oxygens (including phenoxy) is 2. The van der Waals surface area contributed by atoms with Gasteiger partial charge in [0.25, 0.3) is 20.6 Å². The predicted molar refractivity (Wildman–Crippen MR) is 167 cm³/mol. The molecule has 3 saturated heterocycles. The fourth-order valence-electron chi connectivity index (χ4n) is 5.93. The lowest BCUT2D eigenvalue weighted by Gasteiger charge is -2.33. The van der Waals surface area contributed by atoms with Crippen LogP contribution >= 0.6 is 26.5 Å². The van der Waals surface area contributed by atoms with E-state index in [-0.39, 0.29) is 34.1 Å². The molecule has 3 fully saturated rings. The first kappa shape index (κ1) is 32.6. The van der Waals surface area contributed by atoms with E-state index in [0.29, 0.717) is 0 Å². The van der Waals surface area contributed by atoms with Crippen molar-refractivity contribution in [2.45, 2.75) is 42.4 Å². The summed E-state index contributed by atoms with van der Waals surface area (Å²) in [6.45, 7) is -6.10. The van der Waals surface area contributed by atoms with E-state index in [2.05, 4.69) is 42.2 Å². The number of fused-ring (bicyclic) bond motifs is 5. The summed E-state index contributed by atoms with van der Waals surface area (Å²) < 4.78 is 81.7. The maximum absolute atomic E-state index is 16.3. The minimum absolute atomic E-state index is 0.00238. The average molecular weight is 714 g/mol. The van der Waals surface area contributed by atoms with Crippen molar-refractivity contribution in [2.24, 2.45) is 5.92 Å². The highest BCUT2D eigenvalue weighted by Gasteiger charge is 2.58. The fraction of sp³-hybridized carbons (Fsp3) is 0.524. The highest BCUT2D eigenvalue weighted by molar-refractivity contribution is 8.44. The second kappa shape index (κ2) is 11.6. The monoisotopic (exact) mass is 714 g/mol.